The number of rotatable bonds is 3. The number of nitrogen functional groups attached to an aromatic ring is 1. The van der Waals surface area contributed by atoms with E-state index in [1.165, 1.54) is 5.39 Å². The van der Waals surface area contributed by atoms with Gasteiger partial charge in [-0.05, 0) is 41.1 Å². The molecule has 0 bridgehead atoms. The van der Waals surface area contributed by atoms with Crippen molar-refractivity contribution in [3.63, 3.8) is 0 Å². The molecule has 0 aliphatic carbocycles. The fraction of sp³-hybridized carbons (Fsp3) is 0.0625. The summed E-state index contributed by atoms with van der Waals surface area (Å²) in [5, 5.41) is 2.32. The van der Waals surface area contributed by atoms with Gasteiger partial charge in [0.1, 0.15) is 18.2 Å². The van der Waals surface area contributed by atoms with Crippen LogP contribution in [0.3, 0.4) is 0 Å². The van der Waals surface area contributed by atoms with Crippen LogP contribution in [-0.4, -0.2) is 4.98 Å². The predicted molar refractivity (Wildman–Crippen MR) is 84.6 cm³/mol. The number of nitrogens with two attached hydrogens (primary N) is 1. The van der Waals surface area contributed by atoms with Crippen molar-refractivity contribution in [1.82, 2.24) is 4.98 Å². The van der Waals surface area contributed by atoms with Crippen molar-refractivity contribution in [3.05, 3.63) is 64.8 Å². The van der Waals surface area contributed by atoms with Gasteiger partial charge in [0.25, 0.3) is 0 Å². The van der Waals surface area contributed by atoms with Crippen LogP contribution < -0.4 is 10.5 Å². The van der Waals surface area contributed by atoms with E-state index in [1.54, 1.807) is 6.20 Å². The van der Waals surface area contributed by atoms with Gasteiger partial charge in [0, 0.05) is 16.2 Å². The number of nitrogens with zero attached hydrogens (tertiary/aromatic N) is 1. The summed E-state index contributed by atoms with van der Waals surface area (Å²) in [5.41, 5.74) is 6.69. The number of benzene rings is 2. The van der Waals surface area contributed by atoms with Gasteiger partial charge < -0.3 is 10.5 Å². The molecule has 2 N–H and O–H groups in total. The fourth-order valence-electron chi connectivity index (χ4n) is 2.02. The zero-order valence-corrected chi connectivity index (χ0v) is 12.3. The molecule has 0 saturated heterocycles. The third kappa shape index (κ3) is 2.75. The quantitative estimate of drug-likeness (QED) is 0.785. The van der Waals surface area contributed by atoms with Crippen molar-refractivity contribution in [3.8, 4) is 5.75 Å². The first kappa shape index (κ1) is 12.9. The summed E-state index contributed by atoms with van der Waals surface area (Å²) >= 11 is 3.47. The minimum absolute atomic E-state index is 0.418. The van der Waals surface area contributed by atoms with E-state index < -0.39 is 0 Å². The third-order valence-corrected chi connectivity index (χ3v) is 3.59. The highest BCUT2D eigenvalue weighted by atomic mass is 79.9. The maximum Gasteiger partial charge on any atom is 0.129 e. The first-order valence-corrected chi connectivity index (χ1v) is 7.03. The summed E-state index contributed by atoms with van der Waals surface area (Å²) in [7, 11) is 0. The van der Waals surface area contributed by atoms with Crippen molar-refractivity contribution in [2.45, 2.75) is 6.61 Å². The normalized spacial score (nSPS) is 10.7. The van der Waals surface area contributed by atoms with Gasteiger partial charge in [-0.15, -0.1) is 0 Å². The van der Waals surface area contributed by atoms with E-state index in [0.29, 0.717) is 12.4 Å². The molecular weight excluding hydrogens is 316 g/mol. The molecule has 1 heterocycles. The molecule has 0 aliphatic rings. The Morgan fingerprint density at radius 1 is 1.05 bits per heavy atom. The molecule has 0 unspecified atom stereocenters. The number of pyridine rings is 1. The molecule has 4 heteroatoms. The first-order chi connectivity index (χ1) is 9.72. The Morgan fingerprint density at radius 3 is 2.70 bits per heavy atom. The van der Waals surface area contributed by atoms with E-state index in [4.69, 9.17) is 10.5 Å². The van der Waals surface area contributed by atoms with Gasteiger partial charge in [-0.25, -0.2) is 4.98 Å². The van der Waals surface area contributed by atoms with E-state index in [-0.39, 0.29) is 0 Å². The van der Waals surface area contributed by atoms with Crippen LogP contribution in [-0.2, 0) is 6.61 Å². The number of halogens is 1. The van der Waals surface area contributed by atoms with Gasteiger partial charge in [0.15, 0.2) is 0 Å². The van der Waals surface area contributed by atoms with E-state index in [0.717, 1.165) is 21.2 Å². The number of anilines is 1. The first-order valence-electron chi connectivity index (χ1n) is 6.24. The van der Waals surface area contributed by atoms with E-state index >= 15 is 0 Å². The summed E-state index contributed by atoms with van der Waals surface area (Å²) in [6.45, 7) is 0.418. The Morgan fingerprint density at radius 2 is 1.85 bits per heavy atom. The number of hydrogen-bond donors (Lipinski definition) is 1. The number of hydrogen-bond acceptors (Lipinski definition) is 3. The van der Waals surface area contributed by atoms with Crippen molar-refractivity contribution in [1.29, 1.82) is 0 Å². The zero-order chi connectivity index (χ0) is 13.9. The van der Waals surface area contributed by atoms with E-state index in [9.17, 15) is 0 Å². The lowest BCUT2D eigenvalue weighted by molar-refractivity contribution is 0.307. The SMILES string of the molecule is Nc1ncccc1COc1ccc2cc(Br)ccc2c1. The van der Waals surface area contributed by atoms with Crippen LogP contribution >= 0.6 is 15.9 Å². The molecule has 3 nitrogen and oxygen atoms in total. The molecule has 20 heavy (non-hydrogen) atoms. The highest BCUT2D eigenvalue weighted by molar-refractivity contribution is 9.10. The van der Waals surface area contributed by atoms with Gasteiger partial charge in [0.2, 0.25) is 0 Å². The summed E-state index contributed by atoms with van der Waals surface area (Å²) in [5.74, 6) is 1.33. The van der Waals surface area contributed by atoms with Crippen LogP contribution in [0.5, 0.6) is 5.75 Å². The maximum atomic E-state index is 5.80. The topological polar surface area (TPSA) is 48.1 Å². The standard InChI is InChI=1S/C16H13BrN2O/c17-14-5-3-12-9-15(6-4-11(12)8-14)20-10-13-2-1-7-19-16(13)18/h1-9H,10H2,(H2,18,19). The number of fused-ring (bicyclic) bond motifs is 1. The molecule has 3 aromatic rings. The Kier molecular flexibility index (Phi) is 3.56. The van der Waals surface area contributed by atoms with Gasteiger partial charge in [-0.1, -0.05) is 34.1 Å². The van der Waals surface area contributed by atoms with Crippen molar-refractivity contribution in [2.24, 2.45) is 0 Å². The Labute approximate surface area is 125 Å². The van der Waals surface area contributed by atoms with Crippen LogP contribution in [0.15, 0.2) is 59.2 Å². The smallest absolute Gasteiger partial charge is 0.129 e. The summed E-state index contributed by atoms with van der Waals surface area (Å²) < 4.78 is 6.85. The molecule has 2 aromatic carbocycles. The molecule has 0 saturated carbocycles. The minimum atomic E-state index is 0.418. The highest BCUT2D eigenvalue weighted by Gasteiger charge is 2.02. The van der Waals surface area contributed by atoms with Crippen LogP contribution in [0.4, 0.5) is 5.82 Å². The van der Waals surface area contributed by atoms with Crippen LogP contribution in [0.25, 0.3) is 10.8 Å². The summed E-state index contributed by atoms with van der Waals surface area (Å²) in [6.07, 6.45) is 1.67. The lowest BCUT2D eigenvalue weighted by Crippen LogP contribution is -2.01. The second-order valence-electron chi connectivity index (χ2n) is 4.49. The molecule has 0 spiro atoms. The Hall–Kier alpha value is -2.07. The number of ether oxygens (including phenoxy) is 1. The summed E-state index contributed by atoms with van der Waals surface area (Å²) in [4.78, 5) is 4.04. The van der Waals surface area contributed by atoms with Gasteiger partial charge >= 0.3 is 0 Å². The van der Waals surface area contributed by atoms with Crippen molar-refractivity contribution >= 4 is 32.5 Å². The maximum absolute atomic E-state index is 5.80. The lowest BCUT2D eigenvalue weighted by Gasteiger charge is -2.09. The Bertz CT molecular complexity index is 758. The third-order valence-electron chi connectivity index (χ3n) is 3.09. The highest BCUT2D eigenvalue weighted by Crippen LogP contribution is 2.24. The molecule has 1 aromatic heterocycles. The van der Waals surface area contributed by atoms with Crippen LogP contribution in [0.2, 0.25) is 0 Å². The second kappa shape index (κ2) is 5.51. The summed E-state index contributed by atoms with van der Waals surface area (Å²) in [6, 6.07) is 16.0. The minimum Gasteiger partial charge on any atom is -0.489 e. The average molecular weight is 329 g/mol. The second-order valence-corrected chi connectivity index (χ2v) is 5.41. The lowest BCUT2D eigenvalue weighted by atomic mass is 10.1. The van der Waals surface area contributed by atoms with Gasteiger partial charge in [-0.3, -0.25) is 0 Å². The molecule has 0 fully saturated rings. The number of aromatic nitrogens is 1. The monoisotopic (exact) mass is 328 g/mol. The molecule has 3 rings (SSSR count). The van der Waals surface area contributed by atoms with Crippen molar-refractivity contribution in [2.75, 3.05) is 5.73 Å². The molecule has 0 aliphatic heterocycles. The fourth-order valence-corrected chi connectivity index (χ4v) is 2.40. The van der Waals surface area contributed by atoms with Crippen LogP contribution in [0, 0.1) is 0 Å². The van der Waals surface area contributed by atoms with Gasteiger partial charge in [-0.2, -0.15) is 0 Å². The van der Waals surface area contributed by atoms with Crippen molar-refractivity contribution < 1.29 is 4.74 Å². The van der Waals surface area contributed by atoms with Crippen LogP contribution in [0.1, 0.15) is 5.56 Å². The largest absolute Gasteiger partial charge is 0.489 e. The van der Waals surface area contributed by atoms with Gasteiger partial charge in [0.05, 0.1) is 0 Å². The zero-order valence-electron chi connectivity index (χ0n) is 10.7. The predicted octanol–water partition coefficient (Wildman–Crippen LogP) is 4.16. The molecular formula is C16H13BrN2O. The molecule has 0 amide bonds. The molecule has 100 valence electrons. The molecule has 0 radical (unpaired) electrons. The van der Waals surface area contributed by atoms with E-state index in [1.807, 2.05) is 36.4 Å². The van der Waals surface area contributed by atoms with E-state index in [2.05, 4.69) is 33.0 Å². The molecule has 0 atom stereocenters. The Balaban J connectivity index is 1.81. The average Bonchev–Trinajstić information content (AvgIpc) is 2.46.